The van der Waals surface area contributed by atoms with Crippen LogP contribution < -0.4 is 0 Å². The third-order valence-electron chi connectivity index (χ3n) is 2.90. The molecule has 0 atom stereocenters. The minimum Gasteiger partial charge on any atom is -0.411 e. The Morgan fingerprint density at radius 1 is 1.13 bits per heavy atom. The molecule has 0 aliphatic carbocycles. The summed E-state index contributed by atoms with van der Waals surface area (Å²) in [5, 5.41) is 20.5. The number of nitro groups is 1. The van der Waals surface area contributed by atoms with E-state index in [0.29, 0.717) is 16.9 Å². The van der Waals surface area contributed by atoms with Crippen molar-refractivity contribution in [1.29, 1.82) is 0 Å². The first-order valence-electron chi connectivity index (χ1n) is 6.60. The number of hydrogen-bond acceptors (Lipinski definition) is 7. The van der Waals surface area contributed by atoms with E-state index in [0.717, 1.165) is 11.1 Å². The number of furan rings is 1. The number of aryl methyl sites for hydroxylation is 1. The van der Waals surface area contributed by atoms with Crippen LogP contribution in [0.25, 0.3) is 17.5 Å². The summed E-state index contributed by atoms with van der Waals surface area (Å²) in [5.41, 5.74) is 2.00. The van der Waals surface area contributed by atoms with Gasteiger partial charge >= 0.3 is 5.88 Å². The zero-order chi connectivity index (χ0) is 16.2. The van der Waals surface area contributed by atoms with Crippen molar-refractivity contribution in [1.82, 2.24) is 10.2 Å². The Labute approximate surface area is 135 Å². The molecule has 0 saturated carbocycles. The Morgan fingerprint density at radius 3 is 2.61 bits per heavy atom. The van der Waals surface area contributed by atoms with Gasteiger partial charge in [0.05, 0.1) is 6.07 Å². The van der Waals surface area contributed by atoms with E-state index in [4.69, 9.17) is 8.83 Å². The molecule has 3 rings (SSSR count). The van der Waals surface area contributed by atoms with Gasteiger partial charge in [0.2, 0.25) is 5.89 Å². The zero-order valence-electron chi connectivity index (χ0n) is 12.0. The first-order chi connectivity index (χ1) is 11.1. The van der Waals surface area contributed by atoms with Crippen molar-refractivity contribution in [3.63, 3.8) is 0 Å². The fourth-order valence-electron chi connectivity index (χ4n) is 1.76. The van der Waals surface area contributed by atoms with Gasteiger partial charge in [-0.15, -0.1) is 10.2 Å². The summed E-state index contributed by atoms with van der Waals surface area (Å²) in [6.45, 7) is 2.00. The molecule has 0 aliphatic rings. The fraction of sp³-hybridized carbons (Fsp3) is 0.0667. The molecule has 2 heterocycles. The second-order valence-electron chi connectivity index (χ2n) is 4.59. The van der Waals surface area contributed by atoms with Crippen LogP contribution in [0.15, 0.2) is 55.9 Å². The van der Waals surface area contributed by atoms with E-state index in [-0.39, 0.29) is 5.88 Å². The zero-order valence-corrected chi connectivity index (χ0v) is 12.8. The van der Waals surface area contributed by atoms with E-state index < -0.39 is 4.92 Å². The van der Waals surface area contributed by atoms with Crippen LogP contribution in [-0.2, 0) is 0 Å². The Bertz CT molecular complexity index is 852. The van der Waals surface area contributed by atoms with E-state index in [1.165, 1.54) is 23.9 Å². The second-order valence-corrected chi connectivity index (χ2v) is 5.45. The largest absolute Gasteiger partial charge is 0.433 e. The molecular formula is C15H11N3O4S. The Balaban J connectivity index is 1.65. The van der Waals surface area contributed by atoms with E-state index in [9.17, 15) is 10.1 Å². The summed E-state index contributed by atoms with van der Waals surface area (Å²) in [5.74, 6) is 0.520. The van der Waals surface area contributed by atoms with E-state index >= 15 is 0 Å². The van der Waals surface area contributed by atoms with Crippen molar-refractivity contribution >= 4 is 23.7 Å². The van der Waals surface area contributed by atoms with Crippen molar-refractivity contribution in [3.8, 4) is 11.5 Å². The van der Waals surface area contributed by atoms with Crippen LogP contribution >= 0.6 is 11.8 Å². The lowest BCUT2D eigenvalue weighted by Crippen LogP contribution is -1.82. The molecule has 0 radical (unpaired) electrons. The maximum atomic E-state index is 10.5. The molecule has 23 heavy (non-hydrogen) atoms. The van der Waals surface area contributed by atoms with Crippen LogP contribution in [0.4, 0.5) is 5.88 Å². The predicted octanol–water partition coefficient (Wildman–Crippen LogP) is 4.31. The number of benzene rings is 1. The van der Waals surface area contributed by atoms with Crippen molar-refractivity contribution in [2.45, 2.75) is 12.1 Å². The molecule has 0 aliphatic heterocycles. The lowest BCUT2D eigenvalue weighted by Gasteiger charge is -1.94. The Kier molecular flexibility index (Phi) is 4.24. The summed E-state index contributed by atoms with van der Waals surface area (Å²) >= 11 is 1.20. The molecule has 8 heteroatoms. The first-order valence-corrected chi connectivity index (χ1v) is 7.48. The highest BCUT2D eigenvalue weighted by Gasteiger charge is 2.10. The molecule has 0 fully saturated rings. The van der Waals surface area contributed by atoms with Crippen LogP contribution in [0.1, 0.15) is 11.3 Å². The van der Waals surface area contributed by atoms with E-state index in [1.54, 1.807) is 11.5 Å². The Morgan fingerprint density at radius 2 is 1.91 bits per heavy atom. The van der Waals surface area contributed by atoms with Gasteiger partial charge < -0.3 is 8.83 Å². The van der Waals surface area contributed by atoms with Gasteiger partial charge in [0, 0.05) is 5.56 Å². The SMILES string of the molecule is Cc1ccc(-c2nnc(S/C=C/c3ccc([N+](=O)[O-])o3)o2)cc1. The number of hydrogen-bond donors (Lipinski definition) is 0. The first kappa shape index (κ1) is 15.0. The molecule has 3 aromatic rings. The topological polar surface area (TPSA) is 95.2 Å². The van der Waals surface area contributed by atoms with Crippen LogP contribution in [0.2, 0.25) is 0 Å². The molecule has 0 amide bonds. The molecule has 7 nitrogen and oxygen atoms in total. The monoisotopic (exact) mass is 329 g/mol. The standard InChI is InChI=1S/C15H11N3O4S/c1-10-2-4-11(5-3-10)14-16-17-15(22-14)23-9-8-12-6-7-13(21-12)18(19)20/h2-9H,1H3/b9-8+. The van der Waals surface area contributed by atoms with Gasteiger partial charge in [0.15, 0.2) is 0 Å². The fourth-order valence-corrected chi connectivity index (χ4v) is 2.29. The predicted molar refractivity (Wildman–Crippen MR) is 84.7 cm³/mol. The maximum absolute atomic E-state index is 10.5. The molecule has 116 valence electrons. The van der Waals surface area contributed by atoms with Gasteiger partial charge in [0.1, 0.15) is 10.7 Å². The average molecular weight is 329 g/mol. The molecule has 2 aromatic heterocycles. The molecule has 0 bridgehead atoms. The Hall–Kier alpha value is -2.87. The van der Waals surface area contributed by atoms with Gasteiger partial charge in [-0.25, -0.2) is 0 Å². The normalized spacial score (nSPS) is 11.2. The summed E-state index contributed by atoms with van der Waals surface area (Å²) < 4.78 is 10.5. The molecule has 0 unspecified atom stereocenters. The van der Waals surface area contributed by atoms with Crippen LogP contribution in [-0.4, -0.2) is 15.1 Å². The smallest absolute Gasteiger partial charge is 0.411 e. The lowest BCUT2D eigenvalue weighted by atomic mass is 10.1. The van der Waals surface area contributed by atoms with Crippen molar-refractivity contribution in [2.24, 2.45) is 0 Å². The third kappa shape index (κ3) is 3.67. The molecule has 0 N–H and O–H groups in total. The summed E-state index contributed by atoms with van der Waals surface area (Å²) in [6, 6.07) is 10.6. The molecule has 0 spiro atoms. The number of thioether (sulfide) groups is 1. The van der Waals surface area contributed by atoms with Gasteiger partial charge in [-0.3, -0.25) is 10.1 Å². The number of aromatic nitrogens is 2. The maximum Gasteiger partial charge on any atom is 0.433 e. The van der Waals surface area contributed by atoms with Gasteiger partial charge in [-0.1, -0.05) is 17.7 Å². The second kappa shape index (κ2) is 6.49. The average Bonchev–Trinajstić information content (AvgIpc) is 3.18. The minimum absolute atomic E-state index is 0.297. The summed E-state index contributed by atoms with van der Waals surface area (Å²) in [6.07, 6.45) is 1.59. The van der Waals surface area contributed by atoms with E-state index in [2.05, 4.69) is 10.2 Å². The summed E-state index contributed by atoms with van der Waals surface area (Å²) in [4.78, 5) is 9.93. The highest BCUT2D eigenvalue weighted by Crippen LogP contribution is 2.25. The lowest BCUT2D eigenvalue weighted by molar-refractivity contribution is -0.402. The number of rotatable bonds is 5. The molecule has 0 saturated heterocycles. The van der Waals surface area contributed by atoms with Gasteiger partial charge in [0.25, 0.3) is 5.22 Å². The highest BCUT2D eigenvalue weighted by molar-refractivity contribution is 8.02. The van der Waals surface area contributed by atoms with Crippen LogP contribution in [0.5, 0.6) is 0 Å². The quantitative estimate of drug-likeness (QED) is 0.391. The molecule has 1 aromatic carbocycles. The highest BCUT2D eigenvalue weighted by atomic mass is 32.2. The van der Waals surface area contributed by atoms with Crippen molar-refractivity contribution in [3.05, 3.63) is 63.2 Å². The summed E-state index contributed by atoms with van der Waals surface area (Å²) in [7, 11) is 0. The molecular weight excluding hydrogens is 318 g/mol. The van der Waals surface area contributed by atoms with Gasteiger partial charge in [-0.2, -0.15) is 0 Å². The van der Waals surface area contributed by atoms with Crippen LogP contribution in [0, 0.1) is 17.0 Å². The number of nitrogens with zero attached hydrogens (tertiary/aromatic N) is 3. The minimum atomic E-state index is -0.587. The van der Waals surface area contributed by atoms with Gasteiger partial charge in [-0.05, 0) is 48.4 Å². The van der Waals surface area contributed by atoms with Crippen molar-refractivity contribution < 1.29 is 13.8 Å². The van der Waals surface area contributed by atoms with Crippen molar-refractivity contribution in [2.75, 3.05) is 0 Å². The van der Waals surface area contributed by atoms with E-state index in [1.807, 2.05) is 31.2 Å². The van der Waals surface area contributed by atoms with Crippen LogP contribution in [0.3, 0.4) is 0 Å². The third-order valence-corrected chi connectivity index (χ3v) is 3.54.